The quantitative estimate of drug-likeness (QED) is 0.894. The predicted molar refractivity (Wildman–Crippen MR) is 70.1 cm³/mol. The minimum absolute atomic E-state index is 0.0317. The summed E-state index contributed by atoms with van der Waals surface area (Å²) in [5.41, 5.74) is 1.57. The highest BCUT2D eigenvalue weighted by atomic mass is 32.2. The summed E-state index contributed by atoms with van der Waals surface area (Å²) in [4.78, 5) is 0.112. The molecule has 0 saturated carbocycles. The Labute approximate surface area is 106 Å². The molecule has 0 heterocycles. The van der Waals surface area contributed by atoms with Crippen molar-refractivity contribution in [2.75, 3.05) is 4.72 Å². The molecule has 18 heavy (non-hydrogen) atoms. The Bertz CT molecular complexity index is 631. The molecule has 0 saturated heterocycles. The Morgan fingerprint density at radius 2 is 1.50 bits per heavy atom. The molecule has 0 aliphatic carbocycles. The van der Waals surface area contributed by atoms with Gasteiger partial charge in [-0.05, 0) is 43.3 Å². The van der Waals surface area contributed by atoms with Crippen molar-refractivity contribution in [3.8, 4) is 5.75 Å². The van der Waals surface area contributed by atoms with Crippen LogP contribution in [0.25, 0.3) is 0 Å². The van der Waals surface area contributed by atoms with E-state index in [-0.39, 0.29) is 10.6 Å². The fourth-order valence-corrected chi connectivity index (χ4v) is 2.52. The minimum Gasteiger partial charge on any atom is -0.508 e. The van der Waals surface area contributed by atoms with Crippen LogP contribution < -0.4 is 4.72 Å². The topological polar surface area (TPSA) is 66.4 Å². The van der Waals surface area contributed by atoms with E-state index in [1.807, 2.05) is 19.1 Å². The highest BCUT2D eigenvalue weighted by Crippen LogP contribution is 2.18. The summed E-state index contributed by atoms with van der Waals surface area (Å²) >= 11 is 0. The van der Waals surface area contributed by atoms with Crippen LogP contribution in [0.15, 0.2) is 53.4 Å². The molecule has 4 nitrogen and oxygen atoms in total. The summed E-state index contributed by atoms with van der Waals surface area (Å²) in [6.07, 6.45) is 0. The average molecular weight is 263 g/mol. The van der Waals surface area contributed by atoms with Crippen LogP contribution in [0.4, 0.5) is 5.69 Å². The van der Waals surface area contributed by atoms with Gasteiger partial charge in [0, 0.05) is 5.69 Å². The fraction of sp³-hybridized carbons (Fsp3) is 0.0769. The van der Waals surface area contributed by atoms with E-state index in [4.69, 9.17) is 5.11 Å². The largest absolute Gasteiger partial charge is 0.508 e. The molecule has 0 atom stereocenters. The molecule has 2 rings (SSSR count). The Kier molecular flexibility index (Phi) is 3.25. The zero-order valence-electron chi connectivity index (χ0n) is 9.79. The van der Waals surface area contributed by atoms with E-state index in [0.29, 0.717) is 5.69 Å². The van der Waals surface area contributed by atoms with Gasteiger partial charge in [-0.1, -0.05) is 17.7 Å². The number of aromatic hydroxyl groups is 1. The van der Waals surface area contributed by atoms with Gasteiger partial charge in [-0.3, -0.25) is 4.72 Å². The normalized spacial score (nSPS) is 11.2. The van der Waals surface area contributed by atoms with E-state index in [1.165, 1.54) is 24.3 Å². The van der Waals surface area contributed by atoms with Crippen molar-refractivity contribution in [2.24, 2.45) is 0 Å². The molecule has 0 aliphatic rings. The number of sulfonamides is 1. The van der Waals surface area contributed by atoms with Gasteiger partial charge in [-0.15, -0.1) is 0 Å². The molecule has 0 bridgehead atoms. The van der Waals surface area contributed by atoms with E-state index in [2.05, 4.69) is 4.72 Å². The summed E-state index contributed by atoms with van der Waals surface area (Å²) in [7, 11) is -3.60. The van der Waals surface area contributed by atoms with Crippen molar-refractivity contribution in [3.63, 3.8) is 0 Å². The van der Waals surface area contributed by atoms with Crippen molar-refractivity contribution in [1.29, 1.82) is 0 Å². The van der Waals surface area contributed by atoms with Crippen LogP contribution in [0.3, 0.4) is 0 Å². The van der Waals surface area contributed by atoms with Gasteiger partial charge in [-0.25, -0.2) is 8.42 Å². The summed E-state index contributed by atoms with van der Waals surface area (Å²) < 4.78 is 26.5. The van der Waals surface area contributed by atoms with Crippen LogP contribution in [-0.2, 0) is 10.0 Å². The van der Waals surface area contributed by atoms with Crippen LogP contribution in [-0.4, -0.2) is 13.5 Å². The van der Waals surface area contributed by atoms with E-state index in [9.17, 15) is 8.42 Å². The number of phenolic OH excluding ortho intramolecular Hbond substituents is 1. The SMILES string of the molecule is Cc1ccc(NS(=O)(=O)c2ccc(O)cc2)cc1. The molecule has 0 fully saturated rings. The van der Waals surface area contributed by atoms with E-state index in [0.717, 1.165) is 5.56 Å². The fourth-order valence-electron chi connectivity index (χ4n) is 1.46. The maximum Gasteiger partial charge on any atom is 0.261 e. The maximum atomic E-state index is 12.0. The van der Waals surface area contributed by atoms with Gasteiger partial charge in [0.1, 0.15) is 5.75 Å². The molecule has 0 unspecified atom stereocenters. The lowest BCUT2D eigenvalue weighted by Crippen LogP contribution is -2.12. The first kappa shape index (κ1) is 12.4. The zero-order chi connectivity index (χ0) is 13.2. The van der Waals surface area contributed by atoms with Crippen molar-refractivity contribution in [2.45, 2.75) is 11.8 Å². The van der Waals surface area contributed by atoms with Crippen LogP contribution in [0.2, 0.25) is 0 Å². The standard InChI is InChI=1S/C13H13NO3S/c1-10-2-4-11(5-3-10)14-18(16,17)13-8-6-12(15)7-9-13/h2-9,14-15H,1H3. The Morgan fingerprint density at radius 1 is 0.944 bits per heavy atom. The first-order valence-electron chi connectivity index (χ1n) is 5.36. The minimum atomic E-state index is -3.60. The highest BCUT2D eigenvalue weighted by Gasteiger charge is 2.13. The second kappa shape index (κ2) is 4.70. The second-order valence-electron chi connectivity index (χ2n) is 3.97. The van der Waals surface area contributed by atoms with Crippen molar-refractivity contribution in [1.82, 2.24) is 0 Å². The Morgan fingerprint density at radius 3 is 2.06 bits per heavy atom. The summed E-state index contributed by atoms with van der Waals surface area (Å²) in [5, 5.41) is 9.13. The van der Waals surface area contributed by atoms with E-state index in [1.54, 1.807) is 12.1 Å². The number of rotatable bonds is 3. The molecular weight excluding hydrogens is 250 g/mol. The summed E-state index contributed by atoms with van der Waals surface area (Å²) in [6, 6.07) is 12.4. The van der Waals surface area contributed by atoms with Crippen LogP contribution in [0.1, 0.15) is 5.56 Å². The van der Waals surface area contributed by atoms with Crippen LogP contribution >= 0.6 is 0 Å². The molecule has 5 heteroatoms. The predicted octanol–water partition coefficient (Wildman–Crippen LogP) is 2.50. The van der Waals surface area contributed by atoms with Crippen molar-refractivity contribution < 1.29 is 13.5 Å². The second-order valence-corrected chi connectivity index (χ2v) is 5.65. The van der Waals surface area contributed by atoms with Gasteiger partial charge in [0.25, 0.3) is 10.0 Å². The number of hydrogen-bond donors (Lipinski definition) is 2. The van der Waals surface area contributed by atoms with Gasteiger partial charge >= 0.3 is 0 Å². The monoisotopic (exact) mass is 263 g/mol. The number of aryl methyl sites for hydroxylation is 1. The highest BCUT2D eigenvalue weighted by molar-refractivity contribution is 7.92. The summed E-state index contributed by atoms with van der Waals surface area (Å²) in [6.45, 7) is 1.93. The van der Waals surface area contributed by atoms with Gasteiger partial charge in [-0.2, -0.15) is 0 Å². The molecular formula is C13H13NO3S. The number of anilines is 1. The molecule has 94 valence electrons. The van der Waals surface area contributed by atoms with Crippen LogP contribution in [0.5, 0.6) is 5.75 Å². The third-order valence-electron chi connectivity index (χ3n) is 2.45. The van der Waals surface area contributed by atoms with Crippen molar-refractivity contribution in [3.05, 3.63) is 54.1 Å². The smallest absolute Gasteiger partial charge is 0.261 e. The van der Waals surface area contributed by atoms with Gasteiger partial charge in [0.15, 0.2) is 0 Å². The lowest BCUT2D eigenvalue weighted by atomic mass is 10.2. The molecule has 2 aromatic rings. The number of hydrogen-bond acceptors (Lipinski definition) is 3. The third-order valence-corrected chi connectivity index (χ3v) is 3.85. The van der Waals surface area contributed by atoms with Gasteiger partial charge < -0.3 is 5.11 Å². The number of nitrogens with one attached hydrogen (secondary N) is 1. The average Bonchev–Trinajstić information content (AvgIpc) is 2.32. The molecule has 2 N–H and O–H groups in total. The maximum absolute atomic E-state index is 12.0. The number of benzene rings is 2. The van der Waals surface area contributed by atoms with Gasteiger partial charge in [0.05, 0.1) is 4.90 Å². The Hall–Kier alpha value is -2.01. The first-order valence-corrected chi connectivity index (χ1v) is 6.84. The molecule has 0 aromatic heterocycles. The summed E-state index contributed by atoms with van der Waals surface area (Å²) in [5.74, 6) is 0.0317. The molecule has 0 radical (unpaired) electrons. The van der Waals surface area contributed by atoms with Crippen LogP contribution in [0, 0.1) is 6.92 Å². The Balaban J connectivity index is 2.27. The lowest BCUT2D eigenvalue weighted by molar-refractivity contribution is 0.475. The molecule has 2 aromatic carbocycles. The first-order chi connectivity index (χ1) is 8.47. The van der Waals surface area contributed by atoms with E-state index < -0.39 is 10.0 Å². The molecule has 0 amide bonds. The molecule has 0 aliphatic heterocycles. The van der Waals surface area contributed by atoms with Crippen molar-refractivity contribution >= 4 is 15.7 Å². The lowest BCUT2D eigenvalue weighted by Gasteiger charge is -2.08. The number of phenols is 1. The van der Waals surface area contributed by atoms with E-state index >= 15 is 0 Å². The third kappa shape index (κ3) is 2.81. The van der Waals surface area contributed by atoms with Gasteiger partial charge in [0.2, 0.25) is 0 Å². The molecule has 0 spiro atoms. The zero-order valence-corrected chi connectivity index (χ0v) is 10.6.